The molecule has 1 aromatic rings. The first-order chi connectivity index (χ1) is 12.8. The van der Waals surface area contributed by atoms with Crippen LogP contribution in [0.4, 0.5) is 5.69 Å². The third-order valence-corrected chi connectivity index (χ3v) is 7.02. The second-order valence-corrected chi connectivity index (χ2v) is 9.96. The van der Waals surface area contributed by atoms with Crippen molar-refractivity contribution in [3.63, 3.8) is 0 Å². The standard InChI is InChI=1S/C20H34N2O4S/c1-4-5-12-26-18-10-11-19(20(23)13-18)21-14-16-6-8-17(9-7-16)22-27(24,25)15(2)3/h10-11,13,15-17,21-23H,4-9,12,14H2,1-3H3. The van der Waals surface area contributed by atoms with Crippen LogP contribution < -0.4 is 14.8 Å². The van der Waals surface area contributed by atoms with E-state index in [1.807, 2.05) is 12.1 Å². The molecule has 0 atom stereocenters. The van der Waals surface area contributed by atoms with Crippen LogP contribution in [0.25, 0.3) is 0 Å². The van der Waals surface area contributed by atoms with Crippen LogP contribution in [0.5, 0.6) is 11.5 Å². The molecule has 0 heterocycles. The van der Waals surface area contributed by atoms with Gasteiger partial charge < -0.3 is 15.2 Å². The number of rotatable bonds is 10. The minimum atomic E-state index is -3.20. The highest BCUT2D eigenvalue weighted by molar-refractivity contribution is 7.90. The molecular weight excluding hydrogens is 364 g/mol. The number of hydrogen-bond donors (Lipinski definition) is 3. The van der Waals surface area contributed by atoms with E-state index in [1.165, 1.54) is 0 Å². The molecule has 1 aliphatic carbocycles. The van der Waals surface area contributed by atoms with Crippen LogP contribution in [0.3, 0.4) is 0 Å². The van der Waals surface area contributed by atoms with E-state index in [4.69, 9.17) is 4.74 Å². The van der Waals surface area contributed by atoms with Gasteiger partial charge in [0.25, 0.3) is 0 Å². The smallest absolute Gasteiger partial charge is 0.214 e. The van der Waals surface area contributed by atoms with Gasteiger partial charge in [-0.1, -0.05) is 13.3 Å². The average molecular weight is 399 g/mol. The third-order valence-electron chi connectivity index (χ3n) is 5.12. The summed E-state index contributed by atoms with van der Waals surface area (Å²) >= 11 is 0. The molecule has 0 radical (unpaired) electrons. The topological polar surface area (TPSA) is 87.7 Å². The molecule has 0 spiro atoms. The predicted molar refractivity (Wildman–Crippen MR) is 110 cm³/mol. The number of phenolic OH excluding ortho intramolecular Hbond substituents is 1. The van der Waals surface area contributed by atoms with Crippen molar-refractivity contribution in [2.24, 2.45) is 5.92 Å². The van der Waals surface area contributed by atoms with E-state index in [1.54, 1.807) is 19.9 Å². The largest absolute Gasteiger partial charge is 0.506 e. The van der Waals surface area contributed by atoms with Crippen LogP contribution in [0, 0.1) is 5.92 Å². The summed E-state index contributed by atoms with van der Waals surface area (Å²) in [6.45, 7) is 6.94. The molecule has 7 heteroatoms. The van der Waals surface area contributed by atoms with Crippen molar-refractivity contribution in [1.29, 1.82) is 0 Å². The number of hydrogen-bond acceptors (Lipinski definition) is 5. The Morgan fingerprint density at radius 2 is 1.93 bits per heavy atom. The second kappa shape index (κ2) is 10.2. The lowest BCUT2D eigenvalue weighted by molar-refractivity contribution is 0.307. The highest BCUT2D eigenvalue weighted by Crippen LogP contribution is 2.30. The molecule has 3 N–H and O–H groups in total. The Kier molecular flexibility index (Phi) is 8.23. The molecular formula is C20H34N2O4S. The van der Waals surface area contributed by atoms with Gasteiger partial charge in [-0.3, -0.25) is 0 Å². The Morgan fingerprint density at radius 3 is 2.52 bits per heavy atom. The van der Waals surface area contributed by atoms with E-state index in [-0.39, 0.29) is 11.8 Å². The van der Waals surface area contributed by atoms with E-state index in [9.17, 15) is 13.5 Å². The molecule has 0 bridgehead atoms. The molecule has 2 rings (SSSR count). The highest BCUT2D eigenvalue weighted by atomic mass is 32.2. The summed E-state index contributed by atoms with van der Waals surface area (Å²) in [4.78, 5) is 0. The van der Waals surface area contributed by atoms with Crippen molar-refractivity contribution in [3.8, 4) is 11.5 Å². The lowest BCUT2D eigenvalue weighted by atomic mass is 9.86. The summed E-state index contributed by atoms with van der Waals surface area (Å²) in [5.41, 5.74) is 0.709. The van der Waals surface area contributed by atoms with E-state index in [0.717, 1.165) is 45.1 Å². The normalized spacial score (nSPS) is 20.6. The van der Waals surface area contributed by atoms with Gasteiger partial charge in [0.15, 0.2) is 0 Å². The molecule has 1 saturated carbocycles. The van der Waals surface area contributed by atoms with Crippen molar-refractivity contribution in [3.05, 3.63) is 18.2 Å². The molecule has 1 fully saturated rings. The van der Waals surface area contributed by atoms with Gasteiger partial charge >= 0.3 is 0 Å². The first-order valence-corrected chi connectivity index (χ1v) is 11.6. The van der Waals surface area contributed by atoms with Crippen molar-refractivity contribution in [2.45, 2.75) is 70.6 Å². The number of nitrogens with one attached hydrogen (secondary N) is 2. The number of phenols is 1. The maximum atomic E-state index is 12.0. The average Bonchev–Trinajstić information content (AvgIpc) is 2.62. The molecule has 1 aromatic carbocycles. The van der Waals surface area contributed by atoms with Crippen LogP contribution >= 0.6 is 0 Å². The minimum absolute atomic E-state index is 0.0432. The number of aromatic hydroxyl groups is 1. The first kappa shape index (κ1) is 21.8. The fourth-order valence-corrected chi connectivity index (χ4v) is 4.16. The second-order valence-electron chi connectivity index (χ2n) is 7.69. The van der Waals surface area contributed by atoms with Gasteiger partial charge in [-0.05, 0) is 64.0 Å². The quantitative estimate of drug-likeness (QED) is 0.411. The minimum Gasteiger partial charge on any atom is -0.506 e. The number of anilines is 1. The number of ether oxygens (including phenoxy) is 1. The van der Waals surface area contributed by atoms with Crippen molar-refractivity contribution in [2.75, 3.05) is 18.5 Å². The summed E-state index contributed by atoms with van der Waals surface area (Å²) in [6, 6.07) is 5.41. The molecule has 154 valence electrons. The molecule has 27 heavy (non-hydrogen) atoms. The summed E-state index contributed by atoms with van der Waals surface area (Å²) in [7, 11) is -3.20. The summed E-state index contributed by atoms with van der Waals surface area (Å²) in [6.07, 6.45) is 5.72. The van der Waals surface area contributed by atoms with Crippen LogP contribution in [-0.2, 0) is 10.0 Å². The number of sulfonamides is 1. The van der Waals surface area contributed by atoms with Gasteiger partial charge in [-0.15, -0.1) is 0 Å². The van der Waals surface area contributed by atoms with Crippen LogP contribution in [0.1, 0.15) is 59.3 Å². The number of benzene rings is 1. The lowest BCUT2D eigenvalue weighted by Gasteiger charge is -2.29. The maximum absolute atomic E-state index is 12.0. The van der Waals surface area contributed by atoms with Crippen LogP contribution in [0.15, 0.2) is 18.2 Å². The lowest BCUT2D eigenvalue weighted by Crippen LogP contribution is -2.41. The third kappa shape index (κ3) is 6.88. The molecule has 1 aliphatic rings. The van der Waals surface area contributed by atoms with Gasteiger partial charge in [-0.2, -0.15) is 0 Å². The Hall–Kier alpha value is -1.47. The molecule has 6 nitrogen and oxygen atoms in total. The fourth-order valence-electron chi connectivity index (χ4n) is 3.19. The SMILES string of the molecule is CCCCOc1ccc(NCC2CCC(NS(=O)(=O)C(C)C)CC2)c(O)c1. The predicted octanol–water partition coefficient (Wildman–Crippen LogP) is 3.87. The van der Waals surface area contributed by atoms with Crippen LogP contribution in [-0.4, -0.2) is 38.0 Å². The molecule has 0 amide bonds. The van der Waals surface area contributed by atoms with Gasteiger partial charge in [0.2, 0.25) is 10.0 Å². The maximum Gasteiger partial charge on any atom is 0.214 e. The zero-order valence-corrected chi connectivity index (χ0v) is 17.5. The van der Waals surface area contributed by atoms with E-state index in [2.05, 4.69) is 17.0 Å². The number of unbranched alkanes of at least 4 members (excludes halogenated alkanes) is 1. The van der Waals surface area contributed by atoms with E-state index >= 15 is 0 Å². The summed E-state index contributed by atoms with van der Waals surface area (Å²) < 4.78 is 32.4. The highest BCUT2D eigenvalue weighted by Gasteiger charge is 2.26. The van der Waals surface area contributed by atoms with E-state index in [0.29, 0.717) is 24.0 Å². The van der Waals surface area contributed by atoms with Gasteiger partial charge in [0, 0.05) is 18.7 Å². The van der Waals surface area contributed by atoms with Gasteiger partial charge in [0.1, 0.15) is 11.5 Å². The zero-order valence-electron chi connectivity index (χ0n) is 16.7. The zero-order chi connectivity index (χ0) is 19.9. The van der Waals surface area contributed by atoms with E-state index < -0.39 is 15.3 Å². The Bertz CT molecular complexity index is 683. The fraction of sp³-hybridized carbons (Fsp3) is 0.700. The summed E-state index contributed by atoms with van der Waals surface area (Å²) in [5, 5.41) is 13.1. The molecule has 0 aromatic heterocycles. The Balaban J connectivity index is 1.76. The van der Waals surface area contributed by atoms with Crippen molar-refractivity contribution >= 4 is 15.7 Å². The first-order valence-electron chi connectivity index (χ1n) is 10.0. The van der Waals surface area contributed by atoms with Gasteiger partial charge in [-0.25, -0.2) is 13.1 Å². The molecule has 0 aliphatic heterocycles. The summed E-state index contributed by atoms with van der Waals surface area (Å²) in [5.74, 6) is 1.36. The van der Waals surface area contributed by atoms with Crippen molar-refractivity contribution in [1.82, 2.24) is 4.72 Å². The van der Waals surface area contributed by atoms with Crippen LogP contribution in [0.2, 0.25) is 0 Å². The molecule has 0 unspecified atom stereocenters. The van der Waals surface area contributed by atoms with Gasteiger partial charge in [0.05, 0.1) is 17.5 Å². The molecule has 0 saturated heterocycles. The Morgan fingerprint density at radius 1 is 1.22 bits per heavy atom. The van der Waals surface area contributed by atoms with Crippen molar-refractivity contribution < 1.29 is 18.3 Å². The Labute approximate surface area is 163 Å². The monoisotopic (exact) mass is 398 g/mol.